The second-order valence-electron chi connectivity index (χ2n) is 4.28. The van der Waals surface area contributed by atoms with Crippen LogP contribution >= 0.6 is 46.4 Å². The fraction of sp³-hybridized carbons (Fsp3) is 0.400. The molecule has 128 valence electrons. The minimum Gasteiger partial charge on any atom is -0.489 e. The van der Waals surface area contributed by atoms with Crippen LogP contribution in [0.1, 0.15) is 19.8 Å². The molecule has 0 bridgehead atoms. The van der Waals surface area contributed by atoms with E-state index in [-0.39, 0.29) is 17.7 Å². The first kappa shape index (κ1) is 20.2. The van der Waals surface area contributed by atoms with Crippen LogP contribution in [0.5, 0.6) is 11.5 Å². The number of unbranched alkanes of at least 4 members (excludes halogenated alkanes) is 1. The third-order valence-electron chi connectivity index (χ3n) is 2.45. The highest BCUT2D eigenvalue weighted by molar-refractivity contribution is 6.55. The highest BCUT2D eigenvalue weighted by atomic mass is 35.5. The fourth-order valence-corrected chi connectivity index (χ4v) is 2.13. The van der Waals surface area contributed by atoms with Crippen molar-refractivity contribution in [1.29, 1.82) is 0 Å². The van der Waals surface area contributed by atoms with Gasteiger partial charge in [-0.1, -0.05) is 64.9 Å². The average Bonchev–Trinajstić information content (AvgIpc) is 2.48. The van der Waals surface area contributed by atoms with E-state index in [0.29, 0.717) is 28.2 Å². The third-order valence-corrected chi connectivity index (χ3v) is 3.32. The van der Waals surface area contributed by atoms with Gasteiger partial charge in [-0.2, -0.15) is 0 Å². The van der Waals surface area contributed by atoms with Crippen LogP contribution in [0.2, 0.25) is 10.0 Å². The molecule has 4 nitrogen and oxygen atoms in total. The van der Waals surface area contributed by atoms with Crippen molar-refractivity contribution in [3.8, 4) is 11.5 Å². The predicted molar refractivity (Wildman–Crippen MR) is 96.6 cm³/mol. The number of rotatable bonds is 10. The summed E-state index contributed by atoms with van der Waals surface area (Å²) in [5, 5.41) is 4.45. The van der Waals surface area contributed by atoms with Gasteiger partial charge < -0.3 is 14.3 Å². The van der Waals surface area contributed by atoms with Gasteiger partial charge in [0.15, 0.2) is 12.4 Å². The van der Waals surface area contributed by atoms with Gasteiger partial charge in [0.2, 0.25) is 0 Å². The number of hydrogen-bond donors (Lipinski definition) is 0. The molecule has 0 fully saturated rings. The van der Waals surface area contributed by atoms with Crippen LogP contribution in [0.25, 0.3) is 0 Å². The lowest BCUT2D eigenvalue weighted by Gasteiger charge is -2.11. The molecule has 0 aromatic heterocycles. The van der Waals surface area contributed by atoms with E-state index in [4.69, 9.17) is 60.7 Å². The molecule has 0 spiro atoms. The maximum absolute atomic E-state index is 6.13. The molecule has 0 unspecified atom stereocenters. The Morgan fingerprint density at radius 1 is 1.13 bits per heavy atom. The second kappa shape index (κ2) is 11.7. The quantitative estimate of drug-likeness (QED) is 0.280. The molecule has 1 aromatic rings. The van der Waals surface area contributed by atoms with E-state index >= 15 is 0 Å². The van der Waals surface area contributed by atoms with Gasteiger partial charge in [-0.05, 0) is 12.5 Å². The lowest BCUT2D eigenvalue weighted by molar-refractivity contribution is 0.108. The van der Waals surface area contributed by atoms with Crippen molar-refractivity contribution in [3.05, 3.63) is 32.7 Å². The summed E-state index contributed by atoms with van der Waals surface area (Å²) in [4.78, 5) is 5.04. The van der Waals surface area contributed by atoms with Gasteiger partial charge in [0.05, 0.1) is 10.0 Å². The molecule has 0 amide bonds. The Labute approximate surface area is 155 Å². The van der Waals surface area contributed by atoms with Gasteiger partial charge in [-0.15, -0.1) is 0 Å². The molecule has 0 atom stereocenters. The Morgan fingerprint density at radius 2 is 1.83 bits per heavy atom. The van der Waals surface area contributed by atoms with Crippen LogP contribution in [0.15, 0.2) is 27.9 Å². The molecule has 0 aliphatic rings. The van der Waals surface area contributed by atoms with Crippen molar-refractivity contribution >= 4 is 52.6 Å². The highest BCUT2D eigenvalue weighted by Gasteiger charge is 2.10. The van der Waals surface area contributed by atoms with Crippen molar-refractivity contribution in [3.63, 3.8) is 0 Å². The minimum atomic E-state index is 0.128. The molecule has 0 aliphatic heterocycles. The lowest BCUT2D eigenvalue weighted by Crippen LogP contribution is -2.05. The van der Waals surface area contributed by atoms with E-state index in [1.807, 2.05) is 0 Å². The summed E-state index contributed by atoms with van der Waals surface area (Å²) >= 11 is 23.3. The molecular formula is C15H17Cl4NO3. The van der Waals surface area contributed by atoms with Gasteiger partial charge in [0, 0.05) is 18.3 Å². The van der Waals surface area contributed by atoms with Crippen LogP contribution in [0, 0.1) is 0 Å². The average molecular weight is 401 g/mol. The van der Waals surface area contributed by atoms with Gasteiger partial charge in [0.1, 0.15) is 23.5 Å². The number of halogens is 4. The van der Waals surface area contributed by atoms with Gasteiger partial charge in [0.25, 0.3) is 0 Å². The van der Waals surface area contributed by atoms with E-state index in [2.05, 4.69) is 12.1 Å². The van der Waals surface area contributed by atoms with Crippen molar-refractivity contribution in [2.75, 3.05) is 19.8 Å². The van der Waals surface area contributed by atoms with Crippen molar-refractivity contribution in [2.24, 2.45) is 5.16 Å². The van der Waals surface area contributed by atoms with E-state index in [1.54, 1.807) is 18.3 Å². The van der Waals surface area contributed by atoms with Crippen LogP contribution < -0.4 is 9.47 Å². The zero-order chi connectivity index (χ0) is 17.1. The molecule has 0 aliphatic carbocycles. The summed E-state index contributed by atoms with van der Waals surface area (Å²) < 4.78 is 11.0. The van der Waals surface area contributed by atoms with Gasteiger partial charge >= 0.3 is 0 Å². The smallest absolute Gasteiger partial charge is 0.156 e. The number of ether oxygens (including phenoxy) is 2. The Bertz CT molecular complexity index is 523. The largest absolute Gasteiger partial charge is 0.489 e. The molecule has 1 aromatic carbocycles. The molecular weight excluding hydrogens is 384 g/mol. The molecule has 0 saturated heterocycles. The summed E-state index contributed by atoms with van der Waals surface area (Å²) in [6, 6.07) is 3.19. The Kier molecular flexibility index (Phi) is 10.3. The molecule has 0 saturated carbocycles. The Morgan fingerprint density at radius 3 is 2.43 bits per heavy atom. The standard InChI is InChI=1S/C15H17Cl4NO3/c1-2-3-5-20-23-8-7-22-15-12(16)9-11(10-13(15)17)21-6-4-14(18)19/h4-5,9-10H,2-3,6-8H2,1H3. The number of hydrogen-bond acceptors (Lipinski definition) is 4. The predicted octanol–water partition coefficient (Wildman–Crippen LogP) is 5.87. The maximum atomic E-state index is 6.13. The van der Waals surface area contributed by atoms with E-state index in [0.717, 1.165) is 12.8 Å². The summed E-state index contributed by atoms with van der Waals surface area (Å²) in [6.07, 6.45) is 5.12. The van der Waals surface area contributed by atoms with Crippen molar-refractivity contribution in [1.82, 2.24) is 0 Å². The van der Waals surface area contributed by atoms with Crippen molar-refractivity contribution in [2.45, 2.75) is 19.8 Å². The minimum absolute atomic E-state index is 0.128. The van der Waals surface area contributed by atoms with Crippen LogP contribution in [-0.4, -0.2) is 26.0 Å². The zero-order valence-corrected chi connectivity index (χ0v) is 15.6. The Balaban J connectivity index is 2.48. The molecule has 8 heteroatoms. The topological polar surface area (TPSA) is 40.0 Å². The van der Waals surface area contributed by atoms with Crippen LogP contribution in [0.3, 0.4) is 0 Å². The monoisotopic (exact) mass is 399 g/mol. The third kappa shape index (κ3) is 8.56. The van der Waals surface area contributed by atoms with Crippen LogP contribution in [-0.2, 0) is 4.84 Å². The number of benzene rings is 1. The van der Waals surface area contributed by atoms with Gasteiger partial charge in [-0.25, -0.2) is 0 Å². The summed E-state index contributed by atoms with van der Waals surface area (Å²) in [5.74, 6) is 0.853. The molecule has 0 heterocycles. The zero-order valence-electron chi connectivity index (χ0n) is 12.5. The normalized spacial score (nSPS) is 10.7. The van der Waals surface area contributed by atoms with Crippen LogP contribution in [0.4, 0.5) is 0 Å². The summed E-state index contributed by atoms with van der Waals surface area (Å²) in [5.41, 5.74) is 0. The Hall–Kier alpha value is -0.810. The molecule has 1 rings (SSSR count). The lowest BCUT2D eigenvalue weighted by atomic mass is 10.3. The summed E-state index contributed by atoms with van der Waals surface area (Å²) in [7, 11) is 0. The highest BCUT2D eigenvalue weighted by Crippen LogP contribution is 2.36. The molecule has 23 heavy (non-hydrogen) atoms. The first-order chi connectivity index (χ1) is 11.0. The van der Waals surface area contributed by atoms with E-state index in [9.17, 15) is 0 Å². The molecule has 0 N–H and O–H groups in total. The number of oxime groups is 1. The second-order valence-corrected chi connectivity index (χ2v) is 6.10. The number of nitrogens with zero attached hydrogens (tertiary/aromatic N) is 1. The van der Waals surface area contributed by atoms with Gasteiger partial charge in [-0.3, -0.25) is 0 Å². The van der Waals surface area contributed by atoms with E-state index in [1.165, 1.54) is 6.08 Å². The van der Waals surface area contributed by atoms with Crippen molar-refractivity contribution < 1.29 is 14.3 Å². The summed E-state index contributed by atoms with van der Waals surface area (Å²) in [6.45, 7) is 2.84. The van der Waals surface area contributed by atoms with E-state index < -0.39 is 0 Å². The fourth-order valence-electron chi connectivity index (χ4n) is 1.43. The maximum Gasteiger partial charge on any atom is 0.156 e. The molecule has 0 radical (unpaired) electrons. The first-order valence-electron chi connectivity index (χ1n) is 6.94. The first-order valence-corrected chi connectivity index (χ1v) is 8.45. The SMILES string of the molecule is CCCC=NOCCOc1c(Cl)cc(OCC=C(Cl)Cl)cc1Cl.